The Morgan fingerprint density at radius 2 is 2.13 bits per heavy atom. The molecule has 0 aliphatic heterocycles. The van der Waals surface area contributed by atoms with Gasteiger partial charge in [0.2, 0.25) is 0 Å². The molecular formula is C8H17N5O2. The van der Waals surface area contributed by atoms with Gasteiger partial charge in [0.05, 0.1) is 0 Å². The number of carbonyl (C=O) groups is 1. The topological polar surface area (TPSA) is 140 Å². The Balaban J connectivity index is 3.92. The predicted octanol–water partition coefficient (Wildman–Crippen LogP) is -1.48. The Labute approximate surface area is 88.1 Å². The van der Waals surface area contributed by atoms with Gasteiger partial charge in [-0.25, -0.2) is 4.79 Å². The summed E-state index contributed by atoms with van der Waals surface area (Å²) in [6.07, 6.45) is 2.35. The highest BCUT2D eigenvalue weighted by molar-refractivity contribution is 5.76. The average Bonchev–Trinajstić information content (AvgIpc) is 2.15. The first-order valence-corrected chi connectivity index (χ1v) is 4.57. The van der Waals surface area contributed by atoms with Crippen LogP contribution in [0.3, 0.4) is 0 Å². The SMILES string of the molecule is NCC=N[C@@H](CCCN=C(N)N)C(=O)O. The highest BCUT2D eigenvalue weighted by atomic mass is 16.4. The quantitative estimate of drug-likeness (QED) is 0.233. The lowest BCUT2D eigenvalue weighted by Gasteiger charge is -2.05. The number of aliphatic imine (C=N–C) groups is 2. The molecule has 0 aromatic heterocycles. The fourth-order valence-electron chi connectivity index (χ4n) is 0.943. The Bertz CT molecular complexity index is 247. The zero-order chi connectivity index (χ0) is 11.7. The minimum Gasteiger partial charge on any atom is -0.480 e. The molecule has 0 saturated carbocycles. The van der Waals surface area contributed by atoms with Gasteiger partial charge >= 0.3 is 5.97 Å². The van der Waals surface area contributed by atoms with Gasteiger partial charge in [0.15, 0.2) is 5.96 Å². The van der Waals surface area contributed by atoms with Gasteiger partial charge in [0, 0.05) is 19.3 Å². The Kier molecular flexibility index (Phi) is 6.90. The highest BCUT2D eigenvalue weighted by Gasteiger charge is 2.13. The summed E-state index contributed by atoms with van der Waals surface area (Å²) in [6, 6.07) is -0.761. The van der Waals surface area contributed by atoms with E-state index in [9.17, 15) is 4.79 Å². The van der Waals surface area contributed by atoms with Crippen molar-refractivity contribution in [2.45, 2.75) is 18.9 Å². The molecule has 1 atom stereocenters. The highest BCUT2D eigenvalue weighted by Crippen LogP contribution is 2.02. The number of hydrogen-bond donors (Lipinski definition) is 4. The van der Waals surface area contributed by atoms with Crippen LogP contribution in [0.25, 0.3) is 0 Å². The van der Waals surface area contributed by atoms with Gasteiger partial charge in [-0.2, -0.15) is 0 Å². The first kappa shape index (κ1) is 13.4. The fraction of sp³-hybridized carbons (Fsp3) is 0.625. The molecule has 86 valence electrons. The third-order valence-corrected chi connectivity index (χ3v) is 1.61. The first-order chi connectivity index (χ1) is 7.07. The number of aliphatic carboxylic acids is 1. The number of hydrogen-bond acceptors (Lipinski definition) is 4. The minimum absolute atomic E-state index is 0.00679. The van der Waals surface area contributed by atoms with Gasteiger partial charge < -0.3 is 22.3 Å². The molecule has 0 saturated heterocycles. The second-order valence-corrected chi connectivity index (χ2v) is 2.87. The molecule has 0 heterocycles. The molecule has 0 aromatic carbocycles. The monoisotopic (exact) mass is 215 g/mol. The maximum absolute atomic E-state index is 10.7. The summed E-state index contributed by atoms with van der Waals surface area (Å²) in [7, 11) is 0. The molecule has 0 amide bonds. The standard InChI is InChI=1S/C8H17N5O2/c9-3-5-12-6(7(14)15)2-1-4-13-8(10)11/h5-6H,1-4,9H2,(H,14,15)(H4,10,11,13)/t6-/m0/s1. The molecular weight excluding hydrogens is 198 g/mol. The van der Waals surface area contributed by atoms with Gasteiger partial charge in [0.25, 0.3) is 0 Å². The van der Waals surface area contributed by atoms with Crippen molar-refractivity contribution in [3.05, 3.63) is 0 Å². The smallest absolute Gasteiger partial charge is 0.328 e. The fourth-order valence-corrected chi connectivity index (χ4v) is 0.943. The summed E-state index contributed by atoms with van der Waals surface area (Å²) in [5.41, 5.74) is 15.4. The van der Waals surface area contributed by atoms with Crippen LogP contribution in [0.2, 0.25) is 0 Å². The lowest BCUT2D eigenvalue weighted by atomic mass is 10.1. The number of carboxylic acids is 1. The molecule has 0 radical (unpaired) electrons. The molecule has 0 rings (SSSR count). The average molecular weight is 215 g/mol. The maximum atomic E-state index is 10.7. The molecule has 15 heavy (non-hydrogen) atoms. The summed E-state index contributed by atoms with van der Waals surface area (Å²) >= 11 is 0. The van der Waals surface area contributed by atoms with Crippen LogP contribution < -0.4 is 17.2 Å². The lowest BCUT2D eigenvalue weighted by molar-refractivity contribution is -0.138. The van der Waals surface area contributed by atoms with E-state index in [2.05, 4.69) is 9.98 Å². The van der Waals surface area contributed by atoms with Gasteiger partial charge in [-0.1, -0.05) is 0 Å². The third kappa shape index (κ3) is 7.44. The number of guanidine groups is 1. The van der Waals surface area contributed by atoms with Crippen LogP contribution in [0.5, 0.6) is 0 Å². The van der Waals surface area contributed by atoms with Crippen molar-refractivity contribution in [2.75, 3.05) is 13.1 Å². The van der Waals surface area contributed by atoms with E-state index in [1.165, 1.54) is 6.21 Å². The Hall–Kier alpha value is -1.63. The van der Waals surface area contributed by atoms with Gasteiger partial charge in [-0.15, -0.1) is 0 Å². The van der Waals surface area contributed by atoms with Crippen LogP contribution in [-0.2, 0) is 4.79 Å². The predicted molar refractivity (Wildman–Crippen MR) is 58.9 cm³/mol. The van der Waals surface area contributed by atoms with E-state index < -0.39 is 12.0 Å². The lowest BCUT2D eigenvalue weighted by Crippen LogP contribution is -2.23. The summed E-state index contributed by atoms with van der Waals surface area (Å²) in [5.74, 6) is -0.961. The number of nitrogens with zero attached hydrogens (tertiary/aromatic N) is 2. The summed E-state index contributed by atoms with van der Waals surface area (Å²) < 4.78 is 0. The van der Waals surface area contributed by atoms with Crippen LogP contribution >= 0.6 is 0 Å². The number of rotatable bonds is 7. The second-order valence-electron chi connectivity index (χ2n) is 2.87. The Morgan fingerprint density at radius 3 is 2.60 bits per heavy atom. The van der Waals surface area contributed by atoms with Gasteiger partial charge in [-0.3, -0.25) is 9.98 Å². The van der Waals surface area contributed by atoms with Gasteiger partial charge in [0.1, 0.15) is 6.04 Å². The van der Waals surface area contributed by atoms with Gasteiger partial charge in [-0.05, 0) is 12.8 Å². The van der Waals surface area contributed by atoms with Crippen LogP contribution in [0.15, 0.2) is 9.98 Å². The van der Waals surface area contributed by atoms with Crippen molar-refractivity contribution in [2.24, 2.45) is 27.2 Å². The molecule has 0 fully saturated rings. The summed E-state index contributed by atoms with van der Waals surface area (Å²) in [5, 5.41) is 8.77. The van der Waals surface area contributed by atoms with Crippen LogP contribution in [0.1, 0.15) is 12.8 Å². The van der Waals surface area contributed by atoms with Crippen molar-refractivity contribution in [3.63, 3.8) is 0 Å². The van der Waals surface area contributed by atoms with Crippen molar-refractivity contribution in [3.8, 4) is 0 Å². The van der Waals surface area contributed by atoms with Crippen molar-refractivity contribution >= 4 is 18.1 Å². The van der Waals surface area contributed by atoms with E-state index >= 15 is 0 Å². The summed E-state index contributed by atoms with van der Waals surface area (Å²) in [4.78, 5) is 18.2. The summed E-state index contributed by atoms with van der Waals surface area (Å²) in [6.45, 7) is 0.641. The molecule has 7 N–H and O–H groups in total. The molecule has 0 aromatic rings. The molecule has 7 nitrogen and oxygen atoms in total. The van der Waals surface area contributed by atoms with E-state index in [-0.39, 0.29) is 12.5 Å². The number of nitrogens with two attached hydrogens (primary N) is 3. The normalized spacial score (nSPS) is 12.6. The third-order valence-electron chi connectivity index (χ3n) is 1.61. The van der Waals surface area contributed by atoms with E-state index in [1.54, 1.807) is 0 Å². The molecule has 0 aliphatic rings. The van der Waals surface area contributed by atoms with Crippen LogP contribution in [-0.4, -0.2) is 42.4 Å². The van der Waals surface area contributed by atoms with Crippen molar-refractivity contribution in [1.29, 1.82) is 0 Å². The molecule has 0 bridgehead atoms. The minimum atomic E-state index is -0.968. The van der Waals surface area contributed by atoms with Crippen LogP contribution in [0.4, 0.5) is 0 Å². The number of carboxylic acid groups (broad SMARTS) is 1. The zero-order valence-electron chi connectivity index (χ0n) is 8.47. The maximum Gasteiger partial charge on any atom is 0.328 e. The van der Waals surface area contributed by atoms with Crippen molar-refractivity contribution < 1.29 is 9.90 Å². The van der Waals surface area contributed by atoms with E-state index in [0.29, 0.717) is 19.4 Å². The first-order valence-electron chi connectivity index (χ1n) is 4.57. The van der Waals surface area contributed by atoms with E-state index in [4.69, 9.17) is 22.3 Å². The molecule has 7 heteroatoms. The second kappa shape index (κ2) is 7.74. The molecule has 0 aliphatic carbocycles. The Morgan fingerprint density at radius 1 is 1.47 bits per heavy atom. The molecule has 0 unspecified atom stereocenters. The van der Waals surface area contributed by atoms with E-state index in [0.717, 1.165) is 0 Å². The van der Waals surface area contributed by atoms with Crippen molar-refractivity contribution in [1.82, 2.24) is 0 Å². The molecule has 0 spiro atoms. The van der Waals surface area contributed by atoms with E-state index in [1.807, 2.05) is 0 Å². The van der Waals surface area contributed by atoms with Crippen LogP contribution in [0, 0.1) is 0 Å². The largest absolute Gasteiger partial charge is 0.480 e. The zero-order valence-corrected chi connectivity index (χ0v) is 8.47.